The first-order valence-electron chi connectivity index (χ1n) is 7.86. The molecule has 1 aromatic heterocycles. The number of piperidine rings is 1. The summed E-state index contributed by atoms with van der Waals surface area (Å²) in [4.78, 5) is 14.7. The van der Waals surface area contributed by atoms with Gasteiger partial charge in [0.15, 0.2) is 0 Å². The molecular weight excluding hydrogens is 266 g/mol. The lowest BCUT2D eigenvalue weighted by atomic mass is 9.94. The van der Waals surface area contributed by atoms with Crippen molar-refractivity contribution in [2.75, 3.05) is 13.6 Å². The molecule has 3 unspecified atom stereocenters. The predicted octanol–water partition coefficient (Wildman–Crippen LogP) is 1.75. The summed E-state index contributed by atoms with van der Waals surface area (Å²) in [5.74, 6) is 0.857. The third-order valence-corrected chi connectivity index (χ3v) is 4.52. The van der Waals surface area contributed by atoms with Gasteiger partial charge in [0.05, 0.1) is 18.8 Å². The minimum Gasteiger partial charge on any atom is -0.467 e. The number of likely N-dealkylation sites (tertiary alicyclic amines) is 1. The van der Waals surface area contributed by atoms with Gasteiger partial charge in [-0.2, -0.15) is 0 Å². The molecule has 1 fully saturated rings. The summed E-state index contributed by atoms with van der Waals surface area (Å²) in [5, 5.41) is 6.29. The summed E-state index contributed by atoms with van der Waals surface area (Å²) in [5.41, 5.74) is 0. The van der Waals surface area contributed by atoms with Crippen molar-refractivity contribution in [1.29, 1.82) is 0 Å². The van der Waals surface area contributed by atoms with E-state index in [1.807, 2.05) is 26.1 Å². The Bertz CT molecular complexity index is 433. The first-order valence-corrected chi connectivity index (χ1v) is 7.86. The molecule has 1 amide bonds. The largest absolute Gasteiger partial charge is 0.467 e. The van der Waals surface area contributed by atoms with E-state index in [-0.39, 0.29) is 11.9 Å². The maximum Gasteiger partial charge on any atom is 0.237 e. The second kappa shape index (κ2) is 7.61. The lowest BCUT2D eigenvalue weighted by Crippen LogP contribution is -2.57. The Balaban J connectivity index is 1.92. The average molecular weight is 293 g/mol. The molecule has 1 aliphatic heterocycles. The molecule has 0 aliphatic carbocycles. The molecule has 0 radical (unpaired) electrons. The van der Waals surface area contributed by atoms with Crippen LogP contribution in [0.1, 0.15) is 38.9 Å². The Labute approximate surface area is 127 Å². The first kappa shape index (κ1) is 16.0. The maximum absolute atomic E-state index is 12.4. The van der Waals surface area contributed by atoms with E-state index in [4.69, 9.17) is 4.42 Å². The van der Waals surface area contributed by atoms with E-state index in [0.717, 1.165) is 18.7 Å². The standard InChI is InChI=1S/C16H27N3O2/c1-12(17-3)15-8-4-5-9-19(15)13(2)16(20)18-11-14-7-6-10-21-14/h6-7,10,12-13,15,17H,4-5,8-9,11H2,1-3H3,(H,18,20). The fourth-order valence-corrected chi connectivity index (χ4v) is 3.08. The van der Waals surface area contributed by atoms with Gasteiger partial charge >= 0.3 is 0 Å². The predicted molar refractivity (Wildman–Crippen MR) is 82.9 cm³/mol. The van der Waals surface area contributed by atoms with Crippen molar-refractivity contribution in [1.82, 2.24) is 15.5 Å². The van der Waals surface area contributed by atoms with Gasteiger partial charge in [-0.25, -0.2) is 0 Å². The fourth-order valence-electron chi connectivity index (χ4n) is 3.08. The molecular formula is C16H27N3O2. The molecule has 0 spiro atoms. The Hall–Kier alpha value is -1.33. The number of carbonyl (C=O) groups excluding carboxylic acids is 1. The van der Waals surface area contributed by atoms with Crippen LogP contribution < -0.4 is 10.6 Å². The Morgan fingerprint density at radius 2 is 2.29 bits per heavy atom. The van der Waals surface area contributed by atoms with Crippen molar-refractivity contribution in [3.05, 3.63) is 24.2 Å². The van der Waals surface area contributed by atoms with Crippen molar-refractivity contribution in [2.24, 2.45) is 0 Å². The van der Waals surface area contributed by atoms with E-state index in [1.165, 1.54) is 12.8 Å². The Kier molecular flexibility index (Phi) is 5.82. The van der Waals surface area contributed by atoms with Gasteiger partial charge in [0.2, 0.25) is 5.91 Å². The molecule has 1 saturated heterocycles. The number of nitrogens with one attached hydrogen (secondary N) is 2. The van der Waals surface area contributed by atoms with E-state index in [1.54, 1.807) is 6.26 Å². The molecule has 118 valence electrons. The van der Waals surface area contributed by atoms with Crippen LogP contribution in [-0.4, -0.2) is 42.5 Å². The van der Waals surface area contributed by atoms with Crippen LogP contribution in [0.2, 0.25) is 0 Å². The van der Waals surface area contributed by atoms with Crippen LogP contribution in [0.25, 0.3) is 0 Å². The zero-order valence-corrected chi connectivity index (χ0v) is 13.3. The highest BCUT2D eigenvalue weighted by atomic mass is 16.3. The third kappa shape index (κ3) is 4.08. The number of hydrogen-bond donors (Lipinski definition) is 2. The summed E-state index contributed by atoms with van der Waals surface area (Å²) in [7, 11) is 1.99. The van der Waals surface area contributed by atoms with Crippen molar-refractivity contribution in [3.63, 3.8) is 0 Å². The highest BCUT2D eigenvalue weighted by molar-refractivity contribution is 5.81. The molecule has 3 atom stereocenters. The van der Waals surface area contributed by atoms with E-state index >= 15 is 0 Å². The number of amides is 1. The van der Waals surface area contributed by atoms with Gasteiger partial charge in [-0.3, -0.25) is 9.69 Å². The maximum atomic E-state index is 12.4. The monoisotopic (exact) mass is 293 g/mol. The number of carbonyl (C=O) groups is 1. The number of furan rings is 1. The smallest absolute Gasteiger partial charge is 0.237 e. The van der Waals surface area contributed by atoms with Gasteiger partial charge in [0.1, 0.15) is 5.76 Å². The molecule has 2 N–H and O–H groups in total. The molecule has 1 aromatic rings. The van der Waals surface area contributed by atoms with Crippen LogP contribution >= 0.6 is 0 Å². The fraction of sp³-hybridized carbons (Fsp3) is 0.688. The van der Waals surface area contributed by atoms with Crippen LogP contribution in [0, 0.1) is 0 Å². The minimum atomic E-state index is -0.110. The molecule has 5 heteroatoms. The summed E-state index contributed by atoms with van der Waals surface area (Å²) in [6.45, 7) is 5.64. The van der Waals surface area contributed by atoms with Gasteiger partial charge in [0.25, 0.3) is 0 Å². The van der Waals surface area contributed by atoms with Crippen LogP contribution in [0.5, 0.6) is 0 Å². The van der Waals surface area contributed by atoms with Gasteiger partial charge in [-0.1, -0.05) is 6.42 Å². The number of hydrogen-bond acceptors (Lipinski definition) is 4. The topological polar surface area (TPSA) is 57.5 Å². The molecule has 21 heavy (non-hydrogen) atoms. The molecule has 0 saturated carbocycles. The third-order valence-electron chi connectivity index (χ3n) is 4.52. The van der Waals surface area contributed by atoms with Crippen LogP contribution in [0.15, 0.2) is 22.8 Å². The highest BCUT2D eigenvalue weighted by Gasteiger charge is 2.32. The zero-order chi connectivity index (χ0) is 15.2. The molecule has 1 aliphatic rings. The SMILES string of the molecule is CNC(C)C1CCCCN1C(C)C(=O)NCc1ccco1. The second-order valence-electron chi connectivity index (χ2n) is 5.85. The van der Waals surface area contributed by atoms with E-state index in [2.05, 4.69) is 22.5 Å². The van der Waals surface area contributed by atoms with Crippen molar-refractivity contribution >= 4 is 5.91 Å². The molecule has 2 heterocycles. The Morgan fingerprint density at radius 3 is 2.95 bits per heavy atom. The van der Waals surface area contributed by atoms with Crippen LogP contribution in [0.3, 0.4) is 0 Å². The van der Waals surface area contributed by atoms with Gasteiger partial charge in [0, 0.05) is 12.1 Å². The zero-order valence-electron chi connectivity index (χ0n) is 13.3. The lowest BCUT2D eigenvalue weighted by molar-refractivity contribution is -0.127. The minimum absolute atomic E-state index is 0.0709. The number of rotatable bonds is 6. The van der Waals surface area contributed by atoms with Crippen LogP contribution in [-0.2, 0) is 11.3 Å². The highest BCUT2D eigenvalue weighted by Crippen LogP contribution is 2.22. The average Bonchev–Trinajstić information content (AvgIpc) is 3.04. The van der Waals surface area contributed by atoms with Gasteiger partial charge < -0.3 is 15.1 Å². The van der Waals surface area contributed by atoms with Crippen molar-refractivity contribution in [3.8, 4) is 0 Å². The summed E-state index contributed by atoms with van der Waals surface area (Å²) < 4.78 is 5.25. The summed E-state index contributed by atoms with van der Waals surface area (Å²) >= 11 is 0. The lowest BCUT2D eigenvalue weighted by Gasteiger charge is -2.42. The molecule has 5 nitrogen and oxygen atoms in total. The van der Waals surface area contributed by atoms with Crippen molar-refractivity contribution in [2.45, 2.75) is 57.8 Å². The quantitative estimate of drug-likeness (QED) is 0.839. The normalized spacial score (nSPS) is 22.7. The first-order chi connectivity index (χ1) is 10.1. The molecule has 0 aromatic carbocycles. The second-order valence-corrected chi connectivity index (χ2v) is 5.85. The van der Waals surface area contributed by atoms with Gasteiger partial charge in [-0.15, -0.1) is 0 Å². The number of nitrogens with zero attached hydrogens (tertiary/aromatic N) is 1. The summed E-state index contributed by atoms with van der Waals surface area (Å²) in [6.07, 6.45) is 5.19. The van der Waals surface area contributed by atoms with E-state index < -0.39 is 0 Å². The molecule has 0 bridgehead atoms. The van der Waals surface area contributed by atoms with E-state index in [9.17, 15) is 4.79 Å². The van der Waals surface area contributed by atoms with Crippen molar-refractivity contribution < 1.29 is 9.21 Å². The number of likely N-dealkylation sites (N-methyl/N-ethyl adjacent to an activating group) is 1. The summed E-state index contributed by atoms with van der Waals surface area (Å²) in [6, 6.07) is 4.41. The molecule has 2 rings (SSSR count). The van der Waals surface area contributed by atoms with Gasteiger partial charge in [-0.05, 0) is 52.4 Å². The van der Waals surface area contributed by atoms with Crippen LogP contribution in [0.4, 0.5) is 0 Å². The Morgan fingerprint density at radius 1 is 1.48 bits per heavy atom. The van der Waals surface area contributed by atoms with E-state index in [0.29, 0.717) is 18.6 Å².